The van der Waals surface area contributed by atoms with E-state index in [4.69, 9.17) is 11.1 Å². The van der Waals surface area contributed by atoms with Crippen molar-refractivity contribution in [2.45, 2.75) is 64.3 Å². The molecule has 0 saturated heterocycles. The fourth-order valence-electron chi connectivity index (χ4n) is 4.77. The van der Waals surface area contributed by atoms with E-state index >= 15 is 0 Å². The van der Waals surface area contributed by atoms with Gasteiger partial charge in [0.2, 0.25) is 0 Å². The predicted molar refractivity (Wildman–Crippen MR) is 167 cm³/mol. The van der Waals surface area contributed by atoms with Crippen molar-refractivity contribution in [2.75, 3.05) is 18.1 Å². The van der Waals surface area contributed by atoms with Crippen molar-refractivity contribution >= 4 is 21.6 Å². The number of halogens is 2. The largest absolute Gasteiger partial charge is 0.390 e. The van der Waals surface area contributed by atoms with Gasteiger partial charge in [0, 0.05) is 43.2 Å². The number of carbonyl (C=O) groups excluding carboxylic acids is 1. The fourth-order valence-corrected chi connectivity index (χ4v) is 6.41. The Bertz CT molecular complexity index is 1490. The van der Waals surface area contributed by atoms with Crippen LogP contribution in [-0.4, -0.2) is 71.4 Å². The molecule has 2 aromatic carbocycles. The summed E-state index contributed by atoms with van der Waals surface area (Å²) in [4.78, 5) is 18.5. The first-order chi connectivity index (χ1) is 20.9. The molecule has 9 nitrogen and oxygen atoms in total. The van der Waals surface area contributed by atoms with E-state index in [1.54, 1.807) is 0 Å². The number of aliphatic hydroxyl groups excluding tert-OH is 1. The molecular formula is C32H41F2N5O4S. The highest BCUT2D eigenvalue weighted by Gasteiger charge is 2.30. The maximum Gasteiger partial charge on any atom is 0.252 e. The quantitative estimate of drug-likeness (QED) is 0.140. The predicted octanol–water partition coefficient (Wildman–Crippen LogP) is 3.65. The van der Waals surface area contributed by atoms with E-state index in [9.17, 15) is 27.1 Å². The lowest BCUT2D eigenvalue weighted by atomic mass is 10.0. The molecule has 0 aliphatic rings. The van der Waals surface area contributed by atoms with Crippen molar-refractivity contribution < 1.29 is 27.1 Å². The Labute approximate surface area is 257 Å². The zero-order valence-electron chi connectivity index (χ0n) is 25.0. The van der Waals surface area contributed by atoms with Crippen LogP contribution in [0.1, 0.15) is 53.7 Å². The summed E-state index contributed by atoms with van der Waals surface area (Å²) >= 11 is 0. The molecule has 0 fully saturated rings. The molecule has 1 heterocycles. The van der Waals surface area contributed by atoms with Crippen LogP contribution in [0.3, 0.4) is 0 Å². The van der Waals surface area contributed by atoms with Gasteiger partial charge in [-0.3, -0.25) is 15.2 Å². The highest BCUT2D eigenvalue weighted by molar-refractivity contribution is 7.91. The molecule has 0 radical (unpaired) electrons. The van der Waals surface area contributed by atoms with Gasteiger partial charge in [-0.15, -0.1) is 0 Å². The molecule has 1 amide bonds. The third-order valence-electron chi connectivity index (χ3n) is 7.22. The lowest BCUT2D eigenvalue weighted by molar-refractivity contribution is 0.0942. The number of amides is 1. The molecule has 0 aliphatic carbocycles. The number of amidine groups is 1. The van der Waals surface area contributed by atoms with Gasteiger partial charge >= 0.3 is 0 Å². The van der Waals surface area contributed by atoms with Crippen molar-refractivity contribution in [2.24, 2.45) is 5.73 Å². The van der Waals surface area contributed by atoms with Gasteiger partial charge in [0.1, 0.15) is 23.5 Å². The lowest BCUT2D eigenvalue weighted by Gasteiger charge is -2.33. The number of benzene rings is 2. The van der Waals surface area contributed by atoms with Gasteiger partial charge in [-0.1, -0.05) is 44.5 Å². The molecule has 12 heteroatoms. The minimum Gasteiger partial charge on any atom is -0.390 e. The van der Waals surface area contributed by atoms with Crippen molar-refractivity contribution in [3.63, 3.8) is 0 Å². The van der Waals surface area contributed by atoms with E-state index in [0.29, 0.717) is 12.8 Å². The number of rotatable bonds is 16. The molecule has 0 spiro atoms. The first kappa shape index (κ1) is 34.7. The number of aryl methyl sites for hydroxylation is 1. The number of unbranched alkanes of at least 4 members (excludes halogenated alkanes) is 1. The topological polar surface area (TPSA) is 149 Å². The van der Waals surface area contributed by atoms with Gasteiger partial charge in [0.25, 0.3) is 5.91 Å². The number of carbonyl (C=O) groups is 1. The Balaban J connectivity index is 1.93. The monoisotopic (exact) mass is 629 g/mol. The van der Waals surface area contributed by atoms with Crippen molar-refractivity contribution in [1.29, 1.82) is 5.41 Å². The van der Waals surface area contributed by atoms with E-state index in [1.165, 1.54) is 29.4 Å². The number of hydrogen-bond acceptors (Lipinski definition) is 7. The first-order valence-corrected chi connectivity index (χ1v) is 16.4. The number of hydrogen-bond donors (Lipinski definition) is 4. The number of aliphatic hydroxyl groups is 1. The van der Waals surface area contributed by atoms with Crippen LogP contribution in [0.25, 0.3) is 0 Å². The van der Waals surface area contributed by atoms with Crippen molar-refractivity contribution in [3.05, 3.63) is 101 Å². The number of nitrogens with zero attached hydrogens (tertiary/aromatic N) is 2. The fraction of sp³-hybridized carbons (Fsp3) is 0.406. The van der Waals surface area contributed by atoms with Gasteiger partial charge in [0.05, 0.1) is 17.6 Å². The highest BCUT2D eigenvalue weighted by atomic mass is 32.2. The summed E-state index contributed by atoms with van der Waals surface area (Å²) in [5.74, 6) is -2.95. The Kier molecular flexibility index (Phi) is 12.9. The third kappa shape index (κ3) is 10.8. The highest BCUT2D eigenvalue weighted by Crippen LogP contribution is 2.16. The van der Waals surface area contributed by atoms with Crippen LogP contribution in [-0.2, 0) is 29.2 Å². The van der Waals surface area contributed by atoms with Crippen LogP contribution in [0.5, 0.6) is 0 Å². The molecule has 3 atom stereocenters. The number of aromatic nitrogens is 1. The minimum absolute atomic E-state index is 0.0457. The van der Waals surface area contributed by atoms with Gasteiger partial charge in [-0.05, 0) is 60.2 Å². The summed E-state index contributed by atoms with van der Waals surface area (Å²) in [7, 11) is -3.68. The number of nitrogens with two attached hydrogens (primary N) is 1. The van der Waals surface area contributed by atoms with E-state index in [2.05, 4.69) is 10.3 Å². The van der Waals surface area contributed by atoms with Gasteiger partial charge in [-0.2, -0.15) is 0 Å². The van der Waals surface area contributed by atoms with E-state index in [-0.39, 0.29) is 42.2 Å². The van der Waals surface area contributed by atoms with Gasteiger partial charge < -0.3 is 21.1 Å². The number of pyridine rings is 1. The smallest absolute Gasteiger partial charge is 0.252 e. The first-order valence-electron chi connectivity index (χ1n) is 14.6. The average Bonchev–Trinajstić information content (AvgIpc) is 2.98. The summed E-state index contributed by atoms with van der Waals surface area (Å²) in [5, 5.41) is 23.0. The van der Waals surface area contributed by atoms with E-state index < -0.39 is 51.3 Å². The Morgan fingerprint density at radius 1 is 1.05 bits per heavy atom. The molecule has 5 N–H and O–H groups in total. The molecule has 1 aromatic heterocycles. The SMILES string of the molecule is CCCCS(=O)(=O)C[C@@H](NC(=O)c1ccncc1)C(=N)N(Cc1cccc(CC)c1)C[C@@H](O)[C@@H](N)Cc1cc(F)cc(F)c1. The summed E-state index contributed by atoms with van der Waals surface area (Å²) in [6.07, 6.45) is 3.40. The standard InChI is InChI=1S/C32H41F2N5O4S/c1-3-5-13-44(42,43)21-29(38-32(41)25-9-11-37-12-10-25)31(36)39(19-23-8-6-7-22(4-2)14-23)20-30(40)28(35)17-24-15-26(33)18-27(34)16-24/h6-12,14-16,18,28-30,36,40H,3-5,13,17,19-21,35H2,1-2H3,(H,38,41)/t28-,29+,30+/m0/s1. The summed E-state index contributed by atoms with van der Waals surface area (Å²) in [6, 6.07) is 11.4. The van der Waals surface area contributed by atoms with E-state index in [1.807, 2.05) is 38.1 Å². The van der Waals surface area contributed by atoms with E-state index in [0.717, 1.165) is 35.7 Å². The molecular weight excluding hydrogens is 588 g/mol. The molecule has 0 bridgehead atoms. The average molecular weight is 630 g/mol. The zero-order valence-corrected chi connectivity index (χ0v) is 25.9. The second-order valence-corrected chi connectivity index (χ2v) is 13.1. The van der Waals surface area contributed by atoms with Crippen molar-refractivity contribution in [1.82, 2.24) is 15.2 Å². The molecule has 0 aliphatic heterocycles. The second-order valence-electron chi connectivity index (χ2n) is 10.9. The number of sulfone groups is 1. The Morgan fingerprint density at radius 3 is 2.34 bits per heavy atom. The molecule has 3 aromatic rings. The number of nitrogens with one attached hydrogen (secondary N) is 2. The maximum atomic E-state index is 13.8. The summed E-state index contributed by atoms with van der Waals surface area (Å²) in [5.41, 5.74) is 8.61. The van der Waals surface area contributed by atoms with Crippen LogP contribution >= 0.6 is 0 Å². The summed E-state index contributed by atoms with van der Waals surface area (Å²) in [6.45, 7) is 3.78. The lowest BCUT2D eigenvalue weighted by Crippen LogP contribution is -2.54. The van der Waals surface area contributed by atoms with Crippen LogP contribution in [0.15, 0.2) is 67.0 Å². The minimum atomic E-state index is -3.68. The van der Waals surface area contributed by atoms with Crippen LogP contribution in [0, 0.1) is 17.0 Å². The van der Waals surface area contributed by atoms with Crippen molar-refractivity contribution in [3.8, 4) is 0 Å². The van der Waals surface area contributed by atoms with Crippen LogP contribution in [0.2, 0.25) is 0 Å². The molecule has 0 saturated carbocycles. The van der Waals surface area contributed by atoms with Crippen LogP contribution < -0.4 is 11.1 Å². The Hall–Kier alpha value is -3.74. The maximum absolute atomic E-state index is 13.8. The Morgan fingerprint density at radius 2 is 1.70 bits per heavy atom. The second kappa shape index (κ2) is 16.4. The third-order valence-corrected chi connectivity index (χ3v) is 8.97. The molecule has 238 valence electrons. The van der Waals surface area contributed by atoms with Gasteiger partial charge in [0.15, 0.2) is 9.84 Å². The zero-order chi connectivity index (χ0) is 32.3. The summed E-state index contributed by atoms with van der Waals surface area (Å²) < 4.78 is 53.7. The molecule has 0 unspecified atom stereocenters. The normalized spacial score (nSPS) is 13.6. The molecule has 3 rings (SSSR count). The van der Waals surface area contributed by atoms with Gasteiger partial charge in [-0.25, -0.2) is 17.2 Å². The molecule has 44 heavy (non-hydrogen) atoms. The van der Waals surface area contributed by atoms with Crippen LogP contribution in [0.4, 0.5) is 8.78 Å².